The van der Waals surface area contributed by atoms with Gasteiger partial charge in [-0.15, -0.1) is 0 Å². The highest BCUT2D eigenvalue weighted by Crippen LogP contribution is 2.21. The van der Waals surface area contributed by atoms with Crippen molar-refractivity contribution in [1.29, 1.82) is 0 Å². The fourth-order valence-electron chi connectivity index (χ4n) is 2.91. The van der Waals surface area contributed by atoms with Crippen LogP contribution in [0.2, 0.25) is 0 Å². The molecule has 2 N–H and O–H groups in total. The Labute approximate surface area is 146 Å². The second kappa shape index (κ2) is 7.21. The van der Waals surface area contributed by atoms with Gasteiger partial charge in [-0.3, -0.25) is 9.59 Å². The number of carbonyl (C=O) groups is 2. The molecule has 3 aromatic rings. The van der Waals surface area contributed by atoms with Crippen LogP contribution in [0.5, 0.6) is 0 Å². The smallest absolute Gasteiger partial charge is 0.250 e. The van der Waals surface area contributed by atoms with Gasteiger partial charge in [0.25, 0.3) is 5.91 Å². The molecule has 0 fully saturated rings. The lowest BCUT2D eigenvalue weighted by atomic mass is 10.1. The molecule has 0 radical (unpaired) electrons. The molecule has 0 atom stereocenters. The van der Waals surface area contributed by atoms with E-state index < -0.39 is 5.91 Å². The fraction of sp³-hybridized carbons (Fsp3) is 0.200. The third kappa shape index (κ3) is 3.71. The van der Waals surface area contributed by atoms with Crippen molar-refractivity contribution in [3.05, 3.63) is 71.9 Å². The lowest BCUT2D eigenvalue weighted by Gasteiger charge is -2.18. The van der Waals surface area contributed by atoms with E-state index >= 15 is 0 Å². The maximum Gasteiger partial charge on any atom is 0.250 e. The van der Waals surface area contributed by atoms with E-state index in [1.807, 2.05) is 42.5 Å². The number of likely N-dealkylation sites (N-methyl/N-ethyl adjacent to an activating group) is 1. The molecule has 1 aromatic heterocycles. The Morgan fingerprint density at radius 3 is 2.44 bits per heavy atom. The Hall–Kier alpha value is -3.08. The first-order valence-corrected chi connectivity index (χ1v) is 8.22. The molecule has 0 saturated carbocycles. The van der Waals surface area contributed by atoms with Gasteiger partial charge in [-0.2, -0.15) is 0 Å². The van der Waals surface area contributed by atoms with Crippen molar-refractivity contribution in [3.8, 4) is 0 Å². The zero-order valence-electron chi connectivity index (χ0n) is 14.2. The summed E-state index contributed by atoms with van der Waals surface area (Å²) in [5, 5.41) is 0.773. The Kier molecular flexibility index (Phi) is 4.84. The normalized spacial score (nSPS) is 10.8. The minimum atomic E-state index is -0.486. The van der Waals surface area contributed by atoms with Crippen LogP contribution < -0.4 is 5.73 Å². The van der Waals surface area contributed by atoms with Crippen molar-refractivity contribution in [2.75, 3.05) is 13.6 Å². The van der Waals surface area contributed by atoms with E-state index in [1.54, 1.807) is 22.7 Å². The van der Waals surface area contributed by atoms with Gasteiger partial charge >= 0.3 is 0 Å². The Morgan fingerprint density at radius 1 is 1.04 bits per heavy atom. The van der Waals surface area contributed by atoms with Gasteiger partial charge in [0.15, 0.2) is 0 Å². The summed E-state index contributed by atoms with van der Waals surface area (Å²) in [5.41, 5.74) is 7.92. The lowest BCUT2D eigenvalue weighted by Crippen LogP contribution is -2.31. The summed E-state index contributed by atoms with van der Waals surface area (Å²) in [5.74, 6) is -0.493. The molecule has 128 valence electrons. The number of amides is 2. The molecule has 2 aromatic carbocycles. The Balaban J connectivity index is 1.72. The number of rotatable bonds is 6. The average Bonchev–Trinajstić information content (AvgIpc) is 2.99. The molecule has 25 heavy (non-hydrogen) atoms. The minimum absolute atomic E-state index is 0.00676. The van der Waals surface area contributed by atoms with E-state index in [-0.39, 0.29) is 12.5 Å². The predicted molar refractivity (Wildman–Crippen MR) is 98.2 cm³/mol. The Morgan fingerprint density at radius 2 is 1.72 bits per heavy atom. The molecule has 0 aliphatic rings. The molecule has 3 rings (SSSR count). The van der Waals surface area contributed by atoms with Gasteiger partial charge in [-0.05, 0) is 18.1 Å². The highest BCUT2D eigenvalue weighted by molar-refractivity contribution is 6.06. The summed E-state index contributed by atoms with van der Waals surface area (Å²) in [6.45, 7) is 0.823. The fourth-order valence-corrected chi connectivity index (χ4v) is 2.91. The minimum Gasteiger partial charge on any atom is -0.366 e. The van der Waals surface area contributed by atoms with Crippen molar-refractivity contribution in [2.45, 2.75) is 13.0 Å². The third-order valence-corrected chi connectivity index (χ3v) is 4.36. The van der Waals surface area contributed by atoms with E-state index in [0.29, 0.717) is 12.1 Å². The SMILES string of the molecule is CN(CCc1ccccc1)C(=O)Cn1cc(C(N)=O)c2ccccc21. The number of hydrogen-bond donors (Lipinski definition) is 1. The first-order valence-electron chi connectivity index (χ1n) is 8.22. The molecule has 0 aliphatic carbocycles. The summed E-state index contributed by atoms with van der Waals surface area (Å²) in [6, 6.07) is 17.5. The standard InChI is InChI=1S/C20H21N3O2/c1-22(12-11-15-7-3-2-4-8-15)19(24)14-23-13-17(20(21)25)16-9-5-6-10-18(16)23/h2-10,13H,11-12,14H2,1H3,(H2,21,25). The van der Waals surface area contributed by atoms with Gasteiger partial charge in [-0.1, -0.05) is 48.5 Å². The number of hydrogen-bond acceptors (Lipinski definition) is 2. The first-order chi connectivity index (χ1) is 12.1. The zero-order valence-corrected chi connectivity index (χ0v) is 14.2. The van der Waals surface area contributed by atoms with Gasteiger partial charge < -0.3 is 15.2 Å². The van der Waals surface area contributed by atoms with Crippen molar-refractivity contribution >= 4 is 22.7 Å². The summed E-state index contributed by atoms with van der Waals surface area (Å²) >= 11 is 0. The van der Waals surface area contributed by atoms with Crippen molar-refractivity contribution in [3.63, 3.8) is 0 Å². The van der Waals surface area contributed by atoms with Crippen LogP contribution in [0.1, 0.15) is 15.9 Å². The van der Waals surface area contributed by atoms with Gasteiger partial charge in [0.2, 0.25) is 5.91 Å². The van der Waals surface area contributed by atoms with E-state index in [9.17, 15) is 9.59 Å². The van der Waals surface area contributed by atoms with E-state index in [4.69, 9.17) is 5.73 Å². The second-order valence-electron chi connectivity index (χ2n) is 6.10. The largest absolute Gasteiger partial charge is 0.366 e. The third-order valence-electron chi connectivity index (χ3n) is 4.36. The van der Waals surface area contributed by atoms with Crippen LogP contribution in [0.15, 0.2) is 60.8 Å². The van der Waals surface area contributed by atoms with Crippen molar-refractivity contribution < 1.29 is 9.59 Å². The maximum atomic E-state index is 12.5. The number of benzene rings is 2. The first kappa shape index (κ1) is 16.8. The van der Waals surface area contributed by atoms with Crippen LogP contribution in [0.3, 0.4) is 0 Å². The van der Waals surface area contributed by atoms with Gasteiger partial charge in [-0.25, -0.2) is 0 Å². The lowest BCUT2D eigenvalue weighted by molar-refractivity contribution is -0.130. The van der Waals surface area contributed by atoms with Gasteiger partial charge in [0.05, 0.1) is 5.56 Å². The summed E-state index contributed by atoms with van der Waals surface area (Å²) in [7, 11) is 1.80. The molecule has 2 amide bonds. The van der Waals surface area contributed by atoms with Crippen LogP contribution in [0.25, 0.3) is 10.9 Å². The van der Waals surface area contributed by atoms with Crippen LogP contribution in [-0.4, -0.2) is 34.9 Å². The van der Waals surface area contributed by atoms with Crippen LogP contribution in [-0.2, 0) is 17.8 Å². The van der Waals surface area contributed by atoms with Crippen molar-refractivity contribution in [2.24, 2.45) is 5.73 Å². The highest BCUT2D eigenvalue weighted by atomic mass is 16.2. The molecule has 0 aliphatic heterocycles. The van der Waals surface area contributed by atoms with Gasteiger partial charge in [0, 0.05) is 30.7 Å². The van der Waals surface area contributed by atoms with Crippen molar-refractivity contribution in [1.82, 2.24) is 9.47 Å². The van der Waals surface area contributed by atoms with Crippen LogP contribution in [0, 0.1) is 0 Å². The number of nitrogens with two attached hydrogens (primary N) is 1. The number of carbonyl (C=O) groups excluding carboxylic acids is 2. The quantitative estimate of drug-likeness (QED) is 0.752. The van der Waals surface area contributed by atoms with E-state index in [2.05, 4.69) is 12.1 Å². The number of fused-ring (bicyclic) bond motifs is 1. The highest BCUT2D eigenvalue weighted by Gasteiger charge is 2.16. The molecule has 1 heterocycles. The van der Waals surface area contributed by atoms with E-state index in [1.165, 1.54) is 5.56 Å². The molecule has 0 saturated heterocycles. The topological polar surface area (TPSA) is 68.3 Å². The Bertz CT molecular complexity index is 900. The summed E-state index contributed by atoms with van der Waals surface area (Å²) in [4.78, 5) is 25.9. The summed E-state index contributed by atoms with van der Waals surface area (Å²) < 4.78 is 1.79. The second-order valence-corrected chi connectivity index (χ2v) is 6.10. The van der Waals surface area contributed by atoms with Crippen LogP contribution in [0.4, 0.5) is 0 Å². The number of para-hydroxylation sites is 1. The zero-order chi connectivity index (χ0) is 17.8. The molecular formula is C20H21N3O2. The number of primary amides is 1. The maximum absolute atomic E-state index is 12.5. The monoisotopic (exact) mass is 335 g/mol. The van der Waals surface area contributed by atoms with E-state index in [0.717, 1.165) is 17.3 Å². The molecular weight excluding hydrogens is 314 g/mol. The van der Waals surface area contributed by atoms with Crippen LogP contribution >= 0.6 is 0 Å². The molecule has 5 heteroatoms. The summed E-state index contributed by atoms with van der Waals surface area (Å²) in [6.07, 6.45) is 2.47. The molecule has 5 nitrogen and oxygen atoms in total. The average molecular weight is 335 g/mol. The molecule has 0 unspecified atom stereocenters. The number of nitrogens with zero attached hydrogens (tertiary/aromatic N) is 2. The molecule has 0 spiro atoms. The molecule has 0 bridgehead atoms. The number of aromatic nitrogens is 1. The van der Waals surface area contributed by atoms with Gasteiger partial charge in [0.1, 0.15) is 6.54 Å². The predicted octanol–water partition coefficient (Wildman–Crippen LogP) is 2.44.